The van der Waals surface area contributed by atoms with Crippen molar-refractivity contribution in [1.29, 1.82) is 0 Å². The zero-order valence-corrected chi connectivity index (χ0v) is 10.1. The van der Waals surface area contributed by atoms with E-state index < -0.39 is 0 Å². The summed E-state index contributed by atoms with van der Waals surface area (Å²) < 4.78 is 1.86. The van der Waals surface area contributed by atoms with Crippen molar-refractivity contribution >= 4 is 29.8 Å². The van der Waals surface area contributed by atoms with E-state index in [2.05, 4.69) is 33.4 Å². The Labute approximate surface area is 97.8 Å². The van der Waals surface area contributed by atoms with Gasteiger partial charge in [-0.15, -0.1) is 11.3 Å². The molecule has 0 unspecified atom stereocenters. The Morgan fingerprint density at radius 3 is 3.13 bits per heavy atom. The highest BCUT2D eigenvalue weighted by Crippen LogP contribution is 2.10. The number of rotatable bonds is 4. The maximum absolute atomic E-state index is 4.38. The molecule has 0 bridgehead atoms. The van der Waals surface area contributed by atoms with Crippen molar-refractivity contribution in [3.05, 3.63) is 28.3 Å². The summed E-state index contributed by atoms with van der Waals surface area (Å²) in [6.45, 7) is 2.73. The standard InChI is InChI=1S/C9H12N4S2/c1-7-11-8(5-15-7)4-13-3-2-9(12-13)10-6-14/h2-3,5,14H,4,6H2,1H3,(H,10,12). The molecular formula is C9H12N4S2. The molecule has 2 aromatic heterocycles. The minimum atomic E-state index is 0.590. The Hall–Kier alpha value is -1.01. The number of thiazole rings is 1. The highest BCUT2D eigenvalue weighted by atomic mass is 32.1. The van der Waals surface area contributed by atoms with E-state index in [1.165, 1.54) is 0 Å². The monoisotopic (exact) mass is 240 g/mol. The first-order valence-electron chi connectivity index (χ1n) is 4.57. The van der Waals surface area contributed by atoms with Crippen LogP contribution in [0.4, 0.5) is 5.82 Å². The fraction of sp³-hybridized carbons (Fsp3) is 0.333. The Morgan fingerprint density at radius 1 is 1.60 bits per heavy atom. The summed E-state index contributed by atoms with van der Waals surface area (Å²) in [5.41, 5.74) is 1.05. The fourth-order valence-corrected chi connectivity index (χ4v) is 2.04. The van der Waals surface area contributed by atoms with Crippen molar-refractivity contribution in [1.82, 2.24) is 14.8 Å². The molecule has 0 aromatic carbocycles. The summed E-state index contributed by atoms with van der Waals surface area (Å²) in [7, 11) is 0. The summed E-state index contributed by atoms with van der Waals surface area (Å²) in [4.78, 5) is 4.38. The second-order valence-corrected chi connectivity index (χ2v) is 4.47. The van der Waals surface area contributed by atoms with E-state index in [1.807, 2.05) is 23.9 Å². The molecule has 0 aliphatic carbocycles. The lowest BCUT2D eigenvalue weighted by molar-refractivity contribution is 0.677. The van der Waals surface area contributed by atoms with Crippen molar-refractivity contribution in [2.45, 2.75) is 13.5 Å². The molecule has 4 nitrogen and oxygen atoms in total. The highest BCUT2D eigenvalue weighted by molar-refractivity contribution is 7.80. The summed E-state index contributed by atoms with van der Waals surface area (Å²) in [6, 6.07) is 1.93. The Bertz CT molecular complexity index is 435. The lowest BCUT2D eigenvalue weighted by Crippen LogP contribution is -2.02. The molecular weight excluding hydrogens is 228 g/mol. The maximum Gasteiger partial charge on any atom is 0.148 e. The van der Waals surface area contributed by atoms with Gasteiger partial charge in [0.15, 0.2) is 0 Å². The normalized spacial score (nSPS) is 10.5. The number of nitrogens with one attached hydrogen (secondary N) is 1. The largest absolute Gasteiger partial charge is 0.360 e. The van der Waals surface area contributed by atoms with Gasteiger partial charge in [-0.2, -0.15) is 17.7 Å². The molecule has 6 heteroatoms. The van der Waals surface area contributed by atoms with Gasteiger partial charge in [0.05, 0.1) is 23.1 Å². The van der Waals surface area contributed by atoms with Crippen LogP contribution in [0.2, 0.25) is 0 Å². The maximum atomic E-state index is 4.38. The molecule has 0 radical (unpaired) electrons. The number of hydrogen-bond donors (Lipinski definition) is 2. The van der Waals surface area contributed by atoms with Crippen LogP contribution in [0, 0.1) is 6.92 Å². The van der Waals surface area contributed by atoms with Crippen LogP contribution in [-0.4, -0.2) is 20.6 Å². The first-order valence-corrected chi connectivity index (χ1v) is 6.08. The lowest BCUT2D eigenvalue weighted by Gasteiger charge is -1.98. The molecule has 80 valence electrons. The number of aryl methyl sites for hydroxylation is 1. The van der Waals surface area contributed by atoms with Gasteiger partial charge in [0.1, 0.15) is 5.82 Å². The van der Waals surface area contributed by atoms with E-state index in [-0.39, 0.29) is 0 Å². The Balaban J connectivity index is 2.04. The molecule has 2 aromatic rings. The molecule has 2 rings (SSSR count). The average Bonchev–Trinajstić information content (AvgIpc) is 2.78. The summed E-state index contributed by atoms with van der Waals surface area (Å²) in [6.07, 6.45) is 1.93. The Kier molecular flexibility index (Phi) is 3.27. The Morgan fingerprint density at radius 2 is 2.47 bits per heavy atom. The van der Waals surface area contributed by atoms with E-state index in [9.17, 15) is 0 Å². The van der Waals surface area contributed by atoms with E-state index >= 15 is 0 Å². The SMILES string of the molecule is Cc1nc(Cn2ccc(NCS)n2)cs1. The van der Waals surface area contributed by atoms with Crippen LogP contribution in [0.3, 0.4) is 0 Å². The van der Waals surface area contributed by atoms with E-state index in [1.54, 1.807) is 11.3 Å². The van der Waals surface area contributed by atoms with Gasteiger partial charge in [-0.25, -0.2) is 4.98 Å². The molecule has 0 aliphatic rings. The third kappa shape index (κ3) is 2.73. The molecule has 0 spiro atoms. The molecule has 0 saturated heterocycles. The number of hydrogen-bond acceptors (Lipinski definition) is 5. The van der Waals surface area contributed by atoms with Crippen LogP contribution in [0.15, 0.2) is 17.6 Å². The van der Waals surface area contributed by atoms with Gasteiger partial charge in [-0.05, 0) is 6.92 Å². The second kappa shape index (κ2) is 4.67. The molecule has 15 heavy (non-hydrogen) atoms. The predicted molar refractivity (Wildman–Crippen MR) is 65.7 cm³/mol. The second-order valence-electron chi connectivity index (χ2n) is 3.09. The average molecular weight is 240 g/mol. The third-order valence-electron chi connectivity index (χ3n) is 1.89. The van der Waals surface area contributed by atoms with Crippen LogP contribution >= 0.6 is 24.0 Å². The van der Waals surface area contributed by atoms with Crippen LogP contribution < -0.4 is 5.32 Å². The molecule has 1 N–H and O–H groups in total. The van der Waals surface area contributed by atoms with E-state index in [0.717, 1.165) is 23.1 Å². The zero-order valence-electron chi connectivity index (χ0n) is 8.34. The molecule has 2 heterocycles. The van der Waals surface area contributed by atoms with E-state index in [4.69, 9.17) is 0 Å². The van der Waals surface area contributed by atoms with Crippen molar-refractivity contribution in [2.24, 2.45) is 0 Å². The van der Waals surface area contributed by atoms with E-state index in [0.29, 0.717) is 5.88 Å². The smallest absolute Gasteiger partial charge is 0.148 e. The molecule has 0 amide bonds. The first kappa shape index (κ1) is 10.5. The highest BCUT2D eigenvalue weighted by Gasteiger charge is 2.01. The fourth-order valence-electron chi connectivity index (χ4n) is 1.27. The van der Waals surface area contributed by atoms with Crippen molar-refractivity contribution < 1.29 is 0 Å². The van der Waals surface area contributed by atoms with Gasteiger partial charge in [0.2, 0.25) is 0 Å². The summed E-state index contributed by atoms with van der Waals surface area (Å²) in [5, 5.41) is 10.5. The summed E-state index contributed by atoms with van der Waals surface area (Å²) in [5.74, 6) is 1.43. The molecule has 0 saturated carbocycles. The molecule has 0 atom stereocenters. The third-order valence-corrected chi connectivity index (χ3v) is 2.87. The van der Waals surface area contributed by atoms with Crippen LogP contribution in [-0.2, 0) is 6.54 Å². The van der Waals surface area contributed by atoms with Gasteiger partial charge in [-0.1, -0.05) is 0 Å². The topological polar surface area (TPSA) is 42.7 Å². The van der Waals surface area contributed by atoms with Crippen LogP contribution in [0.5, 0.6) is 0 Å². The predicted octanol–water partition coefficient (Wildman–Crippen LogP) is 2.00. The van der Waals surface area contributed by atoms with Gasteiger partial charge in [0, 0.05) is 17.6 Å². The van der Waals surface area contributed by atoms with Crippen molar-refractivity contribution in [2.75, 3.05) is 11.2 Å². The number of anilines is 1. The molecule has 0 aliphatic heterocycles. The number of nitrogens with zero attached hydrogens (tertiary/aromatic N) is 3. The van der Waals surface area contributed by atoms with Crippen molar-refractivity contribution in [3.8, 4) is 0 Å². The van der Waals surface area contributed by atoms with Gasteiger partial charge >= 0.3 is 0 Å². The summed E-state index contributed by atoms with van der Waals surface area (Å²) >= 11 is 5.73. The minimum absolute atomic E-state index is 0.590. The minimum Gasteiger partial charge on any atom is -0.360 e. The quantitative estimate of drug-likeness (QED) is 0.634. The van der Waals surface area contributed by atoms with Gasteiger partial charge < -0.3 is 5.32 Å². The zero-order chi connectivity index (χ0) is 10.7. The number of thiol groups is 1. The molecule has 0 fully saturated rings. The van der Waals surface area contributed by atoms with Crippen LogP contribution in [0.25, 0.3) is 0 Å². The number of aromatic nitrogens is 3. The van der Waals surface area contributed by atoms with Gasteiger partial charge in [0.25, 0.3) is 0 Å². The first-order chi connectivity index (χ1) is 7.28. The lowest BCUT2D eigenvalue weighted by atomic mass is 10.5. The van der Waals surface area contributed by atoms with Crippen LogP contribution in [0.1, 0.15) is 10.7 Å². The van der Waals surface area contributed by atoms with Crippen molar-refractivity contribution in [3.63, 3.8) is 0 Å². The van der Waals surface area contributed by atoms with Gasteiger partial charge in [-0.3, -0.25) is 4.68 Å².